The highest BCUT2D eigenvalue weighted by Gasteiger charge is 2.23. The standard InChI is InChI=1S/C20H23ClN2O3/c21-17-7-4-8-19(13-17)26-15-18(24)14-22-9-11-23(12-10-22)20(25)16-5-2-1-3-6-16/h1-8,13,18,24H,9-12,14-15H2. The van der Waals surface area contributed by atoms with Crippen molar-refractivity contribution in [2.24, 2.45) is 0 Å². The highest BCUT2D eigenvalue weighted by atomic mass is 35.5. The molecule has 1 aliphatic rings. The molecule has 1 saturated heterocycles. The van der Waals surface area contributed by atoms with E-state index in [2.05, 4.69) is 4.90 Å². The van der Waals surface area contributed by atoms with E-state index in [9.17, 15) is 9.90 Å². The van der Waals surface area contributed by atoms with Crippen LogP contribution in [0, 0.1) is 0 Å². The predicted octanol–water partition coefficient (Wildman–Crippen LogP) is 2.54. The summed E-state index contributed by atoms with van der Waals surface area (Å²) < 4.78 is 5.58. The van der Waals surface area contributed by atoms with Gasteiger partial charge >= 0.3 is 0 Å². The third-order valence-corrected chi connectivity index (χ3v) is 4.62. The Bertz CT molecular complexity index is 718. The van der Waals surface area contributed by atoms with Crippen molar-refractivity contribution in [2.75, 3.05) is 39.3 Å². The molecule has 26 heavy (non-hydrogen) atoms. The Morgan fingerprint density at radius 2 is 1.81 bits per heavy atom. The summed E-state index contributed by atoms with van der Waals surface area (Å²) in [5.74, 6) is 0.713. The van der Waals surface area contributed by atoms with Crippen molar-refractivity contribution in [2.45, 2.75) is 6.10 Å². The van der Waals surface area contributed by atoms with E-state index in [0.717, 1.165) is 18.7 Å². The molecule has 1 heterocycles. The number of rotatable bonds is 6. The van der Waals surface area contributed by atoms with Gasteiger partial charge < -0.3 is 14.7 Å². The number of piperazine rings is 1. The monoisotopic (exact) mass is 374 g/mol. The van der Waals surface area contributed by atoms with Gasteiger partial charge in [0.1, 0.15) is 18.5 Å². The maximum Gasteiger partial charge on any atom is 0.253 e. The highest BCUT2D eigenvalue weighted by Crippen LogP contribution is 2.17. The molecule has 0 spiro atoms. The number of β-amino-alcohol motifs (C(OH)–C–C–N with tert-alkyl or cyclic N) is 1. The molecule has 0 saturated carbocycles. The van der Waals surface area contributed by atoms with Crippen LogP contribution in [-0.4, -0.2) is 66.2 Å². The van der Waals surface area contributed by atoms with E-state index in [0.29, 0.717) is 30.4 Å². The summed E-state index contributed by atoms with van der Waals surface area (Å²) in [7, 11) is 0. The van der Waals surface area contributed by atoms with Gasteiger partial charge in [0.05, 0.1) is 0 Å². The molecule has 0 aromatic heterocycles. The first-order valence-corrected chi connectivity index (χ1v) is 9.13. The van der Waals surface area contributed by atoms with E-state index in [1.54, 1.807) is 12.1 Å². The summed E-state index contributed by atoms with van der Waals surface area (Å²) >= 11 is 5.92. The molecule has 1 unspecified atom stereocenters. The Morgan fingerprint density at radius 3 is 2.50 bits per heavy atom. The number of hydrogen-bond donors (Lipinski definition) is 1. The number of carbonyl (C=O) groups excluding carboxylic acids is 1. The molecule has 6 heteroatoms. The van der Waals surface area contributed by atoms with Crippen LogP contribution in [0.15, 0.2) is 54.6 Å². The predicted molar refractivity (Wildman–Crippen MR) is 102 cm³/mol. The average molecular weight is 375 g/mol. The van der Waals surface area contributed by atoms with Gasteiger partial charge in [-0.1, -0.05) is 35.9 Å². The Morgan fingerprint density at radius 1 is 1.08 bits per heavy atom. The quantitative estimate of drug-likeness (QED) is 0.844. The van der Waals surface area contributed by atoms with Crippen molar-refractivity contribution < 1.29 is 14.6 Å². The number of amides is 1. The smallest absolute Gasteiger partial charge is 0.253 e. The van der Waals surface area contributed by atoms with E-state index in [-0.39, 0.29) is 12.5 Å². The fourth-order valence-corrected chi connectivity index (χ4v) is 3.18. The fourth-order valence-electron chi connectivity index (χ4n) is 3.00. The number of ether oxygens (including phenoxy) is 1. The molecule has 3 rings (SSSR count). The van der Waals surface area contributed by atoms with Crippen LogP contribution < -0.4 is 4.74 Å². The molecule has 0 radical (unpaired) electrons. The van der Waals surface area contributed by atoms with Gasteiger partial charge in [0, 0.05) is 43.3 Å². The van der Waals surface area contributed by atoms with E-state index >= 15 is 0 Å². The first kappa shape index (κ1) is 18.7. The number of aliphatic hydroxyl groups excluding tert-OH is 1. The second kappa shape index (κ2) is 9.03. The Kier molecular flexibility index (Phi) is 6.50. The molecular weight excluding hydrogens is 352 g/mol. The van der Waals surface area contributed by atoms with Gasteiger partial charge in [0.2, 0.25) is 0 Å². The number of halogens is 1. The van der Waals surface area contributed by atoms with Crippen LogP contribution in [-0.2, 0) is 0 Å². The van der Waals surface area contributed by atoms with Crippen LogP contribution in [0.1, 0.15) is 10.4 Å². The lowest BCUT2D eigenvalue weighted by atomic mass is 10.2. The van der Waals surface area contributed by atoms with Gasteiger partial charge in [-0.05, 0) is 30.3 Å². The largest absolute Gasteiger partial charge is 0.491 e. The van der Waals surface area contributed by atoms with Crippen LogP contribution in [0.25, 0.3) is 0 Å². The molecule has 0 aliphatic carbocycles. The topological polar surface area (TPSA) is 53.0 Å². The molecule has 1 atom stereocenters. The minimum absolute atomic E-state index is 0.0649. The SMILES string of the molecule is O=C(c1ccccc1)N1CCN(CC(O)COc2cccc(Cl)c2)CC1. The maximum atomic E-state index is 12.4. The second-order valence-corrected chi connectivity index (χ2v) is 6.82. The van der Waals surface area contributed by atoms with E-state index in [1.165, 1.54) is 0 Å². The van der Waals surface area contributed by atoms with Crippen molar-refractivity contribution in [1.29, 1.82) is 0 Å². The Balaban J connectivity index is 1.41. The van der Waals surface area contributed by atoms with Gasteiger partial charge in [-0.2, -0.15) is 0 Å². The molecule has 1 N–H and O–H groups in total. The molecule has 5 nitrogen and oxygen atoms in total. The van der Waals surface area contributed by atoms with Gasteiger partial charge in [-0.25, -0.2) is 0 Å². The van der Waals surface area contributed by atoms with Crippen LogP contribution in [0.2, 0.25) is 5.02 Å². The number of carbonyl (C=O) groups is 1. The average Bonchev–Trinajstić information content (AvgIpc) is 2.67. The number of benzene rings is 2. The van der Waals surface area contributed by atoms with Crippen LogP contribution in [0.5, 0.6) is 5.75 Å². The van der Waals surface area contributed by atoms with E-state index in [4.69, 9.17) is 16.3 Å². The molecule has 0 bridgehead atoms. The van der Waals surface area contributed by atoms with Crippen molar-refractivity contribution in [1.82, 2.24) is 9.80 Å². The third kappa shape index (κ3) is 5.21. The number of aliphatic hydroxyl groups is 1. The summed E-state index contributed by atoms with van der Waals surface area (Å²) in [5.41, 5.74) is 0.718. The maximum absolute atomic E-state index is 12.4. The molecule has 1 amide bonds. The van der Waals surface area contributed by atoms with Gasteiger partial charge in [-0.15, -0.1) is 0 Å². The Labute approximate surface area is 158 Å². The molecular formula is C20H23ClN2O3. The van der Waals surface area contributed by atoms with Gasteiger partial charge in [-0.3, -0.25) is 9.69 Å². The lowest BCUT2D eigenvalue weighted by Gasteiger charge is -2.35. The molecule has 2 aromatic rings. The van der Waals surface area contributed by atoms with E-state index < -0.39 is 6.10 Å². The van der Waals surface area contributed by atoms with Crippen molar-refractivity contribution >= 4 is 17.5 Å². The van der Waals surface area contributed by atoms with Crippen LogP contribution >= 0.6 is 11.6 Å². The first-order chi connectivity index (χ1) is 12.6. The zero-order chi connectivity index (χ0) is 18.4. The van der Waals surface area contributed by atoms with Gasteiger partial charge in [0.15, 0.2) is 0 Å². The lowest BCUT2D eigenvalue weighted by Crippen LogP contribution is -2.50. The summed E-state index contributed by atoms with van der Waals surface area (Å²) in [6.07, 6.45) is -0.592. The second-order valence-electron chi connectivity index (χ2n) is 6.38. The third-order valence-electron chi connectivity index (χ3n) is 4.39. The highest BCUT2D eigenvalue weighted by molar-refractivity contribution is 6.30. The first-order valence-electron chi connectivity index (χ1n) is 8.75. The minimum Gasteiger partial charge on any atom is -0.491 e. The van der Waals surface area contributed by atoms with Crippen molar-refractivity contribution in [3.8, 4) is 5.75 Å². The zero-order valence-corrected chi connectivity index (χ0v) is 15.3. The van der Waals surface area contributed by atoms with Crippen LogP contribution in [0.4, 0.5) is 0 Å². The summed E-state index contributed by atoms with van der Waals surface area (Å²) in [6, 6.07) is 16.5. The lowest BCUT2D eigenvalue weighted by molar-refractivity contribution is 0.0403. The van der Waals surface area contributed by atoms with Crippen molar-refractivity contribution in [3.63, 3.8) is 0 Å². The molecule has 138 valence electrons. The van der Waals surface area contributed by atoms with E-state index in [1.807, 2.05) is 47.4 Å². The zero-order valence-electron chi connectivity index (χ0n) is 14.6. The van der Waals surface area contributed by atoms with Gasteiger partial charge in [0.25, 0.3) is 5.91 Å². The molecule has 1 fully saturated rings. The van der Waals surface area contributed by atoms with Crippen LogP contribution in [0.3, 0.4) is 0 Å². The fraction of sp³-hybridized carbons (Fsp3) is 0.350. The van der Waals surface area contributed by atoms with Crippen molar-refractivity contribution in [3.05, 3.63) is 65.2 Å². The Hall–Kier alpha value is -2.08. The summed E-state index contributed by atoms with van der Waals surface area (Å²) in [6.45, 7) is 3.54. The summed E-state index contributed by atoms with van der Waals surface area (Å²) in [4.78, 5) is 16.5. The molecule has 1 aliphatic heterocycles. The number of hydrogen-bond acceptors (Lipinski definition) is 4. The normalized spacial score (nSPS) is 16.3. The minimum atomic E-state index is -0.592. The summed E-state index contributed by atoms with van der Waals surface area (Å²) in [5, 5.41) is 10.8. The number of nitrogens with zero attached hydrogens (tertiary/aromatic N) is 2. The molecule has 2 aromatic carbocycles.